The Morgan fingerprint density at radius 1 is 0.962 bits per heavy atom. The summed E-state index contributed by atoms with van der Waals surface area (Å²) >= 11 is 1.40. The molecular weight excluding hydrogens is 344 g/mol. The Kier molecular flexibility index (Phi) is 4.62. The molecule has 0 saturated heterocycles. The largest absolute Gasteiger partial charge is 0.457 e. The van der Waals surface area contributed by atoms with Crippen molar-refractivity contribution in [3.63, 3.8) is 0 Å². The summed E-state index contributed by atoms with van der Waals surface area (Å²) in [5, 5.41) is 3.94. The zero-order valence-corrected chi connectivity index (χ0v) is 14.7. The maximum absolute atomic E-state index is 12.3. The Bertz CT molecular complexity index is 994. The van der Waals surface area contributed by atoms with Gasteiger partial charge in [-0.15, -0.1) is 11.3 Å². The van der Waals surface area contributed by atoms with E-state index in [1.165, 1.54) is 11.3 Å². The molecular formula is C21H16N2O2S. The van der Waals surface area contributed by atoms with Crippen molar-refractivity contribution >= 4 is 27.5 Å². The fourth-order valence-electron chi connectivity index (χ4n) is 2.55. The molecule has 0 aliphatic rings. The Balaban J connectivity index is 1.37. The first-order chi connectivity index (χ1) is 12.8. The number of nitrogens with one attached hydrogen (secondary N) is 1. The number of thiophene rings is 1. The van der Waals surface area contributed by atoms with Crippen LogP contribution < -0.4 is 10.1 Å². The zero-order chi connectivity index (χ0) is 17.8. The molecule has 0 aliphatic carbocycles. The zero-order valence-electron chi connectivity index (χ0n) is 13.9. The summed E-state index contributed by atoms with van der Waals surface area (Å²) in [6, 6.07) is 23.0. The van der Waals surface area contributed by atoms with Crippen molar-refractivity contribution in [1.82, 2.24) is 10.3 Å². The van der Waals surface area contributed by atoms with Crippen LogP contribution in [-0.4, -0.2) is 10.9 Å². The van der Waals surface area contributed by atoms with Gasteiger partial charge in [0.15, 0.2) is 0 Å². The number of carbonyl (C=O) groups is 1. The second kappa shape index (κ2) is 7.37. The third-order valence-electron chi connectivity index (χ3n) is 3.87. The van der Waals surface area contributed by atoms with Gasteiger partial charge in [0.05, 0.1) is 4.88 Å². The number of hydrogen-bond donors (Lipinski definition) is 1. The van der Waals surface area contributed by atoms with Gasteiger partial charge >= 0.3 is 0 Å². The first kappa shape index (κ1) is 16.3. The summed E-state index contributed by atoms with van der Waals surface area (Å²) in [5.41, 5.74) is 1.01. The Hall–Kier alpha value is -3.18. The predicted octanol–water partition coefficient (Wildman–Crippen LogP) is 5.02. The van der Waals surface area contributed by atoms with Crippen molar-refractivity contribution in [3.05, 3.63) is 89.4 Å². The SMILES string of the molecule is O=C(NCc1ccc(Oc2ccccc2)cc1)c1cc2cccnc2s1. The molecule has 0 fully saturated rings. The van der Waals surface area contributed by atoms with Gasteiger partial charge in [-0.3, -0.25) is 4.79 Å². The third-order valence-corrected chi connectivity index (χ3v) is 4.93. The standard InChI is InChI=1S/C21H16N2O2S/c24-20(19-13-16-5-4-12-22-21(16)26-19)23-14-15-8-10-18(11-9-15)25-17-6-2-1-3-7-17/h1-13H,14H2,(H,23,24). The fraction of sp³-hybridized carbons (Fsp3) is 0.0476. The Labute approximate surface area is 155 Å². The lowest BCUT2D eigenvalue weighted by Crippen LogP contribution is -2.21. The molecule has 2 heterocycles. The maximum atomic E-state index is 12.3. The summed E-state index contributed by atoms with van der Waals surface area (Å²) in [6.45, 7) is 0.464. The normalized spacial score (nSPS) is 10.6. The Morgan fingerprint density at radius 3 is 2.50 bits per heavy atom. The van der Waals surface area contributed by atoms with E-state index in [1.807, 2.05) is 72.8 Å². The number of fused-ring (bicyclic) bond motifs is 1. The van der Waals surface area contributed by atoms with E-state index in [0.29, 0.717) is 11.4 Å². The van der Waals surface area contributed by atoms with Crippen molar-refractivity contribution in [2.45, 2.75) is 6.54 Å². The van der Waals surface area contributed by atoms with Crippen LogP contribution in [0.5, 0.6) is 11.5 Å². The summed E-state index contributed by atoms with van der Waals surface area (Å²) in [4.78, 5) is 18.2. The molecule has 128 valence electrons. The van der Waals surface area contributed by atoms with Crippen LogP contribution in [0.3, 0.4) is 0 Å². The van der Waals surface area contributed by atoms with Crippen LogP contribution in [0, 0.1) is 0 Å². The summed E-state index contributed by atoms with van der Waals surface area (Å²) < 4.78 is 5.77. The number of para-hydroxylation sites is 1. The lowest BCUT2D eigenvalue weighted by Gasteiger charge is -2.07. The number of hydrogen-bond acceptors (Lipinski definition) is 4. The molecule has 5 heteroatoms. The van der Waals surface area contributed by atoms with E-state index >= 15 is 0 Å². The number of pyridine rings is 1. The highest BCUT2D eigenvalue weighted by Crippen LogP contribution is 2.23. The number of benzene rings is 2. The number of amides is 1. The monoisotopic (exact) mass is 360 g/mol. The van der Waals surface area contributed by atoms with E-state index in [4.69, 9.17) is 4.74 Å². The van der Waals surface area contributed by atoms with Crippen LogP contribution in [0.15, 0.2) is 79.0 Å². The smallest absolute Gasteiger partial charge is 0.261 e. The molecule has 1 amide bonds. The van der Waals surface area contributed by atoms with Crippen molar-refractivity contribution in [1.29, 1.82) is 0 Å². The first-order valence-corrected chi connectivity index (χ1v) is 9.04. The molecule has 0 unspecified atom stereocenters. The maximum Gasteiger partial charge on any atom is 0.261 e. The molecule has 4 rings (SSSR count). The molecule has 0 saturated carbocycles. The second-order valence-electron chi connectivity index (χ2n) is 5.75. The van der Waals surface area contributed by atoms with Crippen molar-refractivity contribution < 1.29 is 9.53 Å². The number of aromatic nitrogens is 1. The number of nitrogens with zero attached hydrogens (tertiary/aromatic N) is 1. The van der Waals surface area contributed by atoms with Crippen molar-refractivity contribution in [2.75, 3.05) is 0 Å². The second-order valence-corrected chi connectivity index (χ2v) is 6.78. The van der Waals surface area contributed by atoms with Gasteiger partial charge in [0.1, 0.15) is 16.3 Å². The highest BCUT2D eigenvalue weighted by Gasteiger charge is 2.10. The van der Waals surface area contributed by atoms with Gasteiger partial charge in [-0.25, -0.2) is 4.98 Å². The first-order valence-electron chi connectivity index (χ1n) is 8.22. The van der Waals surface area contributed by atoms with Gasteiger partial charge < -0.3 is 10.1 Å². The van der Waals surface area contributed by atoms with Gasteiger partial charge in [-0.1, -0.05) is 36.4 Å². The van der Waals surface area contributed by atoms with E-state index in [2.05, 4.69) is 10.3 Å². The van der Waals surface area contributed by atoms with Gasteiger partial charge in [0.2, 0.25) is 0 Å². The molecule has 26 heavy (non-hydrogen) atoms. The van der Waals surface area contributed by atoms with E-state index in [1.54, 1.807) is 6.20 Å². The van der Waals surface area contributed by atoms with Crippen LogP contribution in [-0.2, 0) is 6.54 Å². The number of rotatable bonds is 5. The fourth-order valence-corrected chi connectivity index (χ4v) is 3.47. The van der Waals surface area contributed by atoms with Crippen LogP contribution >= 0.6 is 11.3 Å². The lowest BCUT2D eigenvalue weighted by atomic mass is 10.2. The summed E-state index contributed by atoms with van der Waals surface area (Å²) in [7, 11) is 0. The molecule has 4 nitrogen and oxygen atoms in total. The molecule has 1 N–H and O–H groups in total. The molecule has 0 aliphatic heterocycles. The van der Waals surface area contributed by atoms with E-state index in [-0.39, 0.29) is 5.91 Å². The molecule has 2 aromatic heterocycles. The predicted molar refractivity (Wildman–Crippen MR) is 104 cm³/mol. The quantitative estimate of drug-likeness (QED) is 0.544. The van der Waals surface area contributed by atoms with Crippen LogP contribution in [0.25, 0.3) is 10.2 Å². The van der Waals surface area contributed by atoms with Gasteiger partial charge in [-0.2, -0.15) is 0 Å². The molecule has 2 aromatic carbocycles. The van der Waals surface area contributed by atoms with Crippen LogP contribution in [0.1, 0.15) is 15.2 Å². The lowest BCUT2D eigenvalue weighted by molar-refractivity contribution is 0.0955. The molecule has 4 aromatic rings. The minimum absolute atomic E-state index is 0.0855. The Morgan fingerprint density at radius 2 is 1.73 bits per heavy atom. The minimum atomic E-state index is -0.0855. The average Bonchev–Trinajstić information content (AvgIpc) is 3.12. The highest BCUT2D eigenvalue weighted by atomic mass is 32.1. The van der Waals surface area contributed by atoms with Gasteiger partial charge in [0.25, 0.3) is 5.91 Å². The van der Waals surface area contributed by atoms with Crippen LogP contribution in [0.4, 0.5) is 0 Å². The van der Waals surface area contributed by atoms with Crippen LogP contribution in [0.2, 0.25) is 0 Å². The summed E-state index contributed by atoms with van der Waals surface area (Å²) in [5.74, 6) is 1.48. The van der Waals surface area contributed by atoms with Gasteiger partial charge in [-0.05, 0) is 42.0 Å². The van der Waals surface area contributed by atoms with Crippen molar-refractivity contribution in [2.24, 2.45) is 0 Å². The third kappa shape index (κ3) is 3.73. The number of ether oxygens (including phenoxy) is 1. The van der Waals surface area contributed by atoms with Gasteiger partial charge in [0, 0.05) is 18.1 Å². The molecule has 0 atom stereocenters. The van der Waals surface area contributed by atoms with E-state index < -0.39 is 0 Å². The molecule has 0 radical (unpaired) electrons. The van der Waals surface area contributed by atoms with Crippen molar-refractivity contribution in [3.8, 4) is 11.5 Å². The molecule has 0 bridgehead atoms. The van der Waals surface area contributed by atoms with E-state index in [9.17, 15) is 4.79 Å². The average molecular weight is 360 g/mol. The summed E-state index contributed by atoms with van der Waals surface area (Å²) in [6.07, 6.45) is 1.74. The number of carbonyl (C=O) groups excluding carboxylic acids is 1. The minimum Gasteiger partial charge on any atom is -0.457 e. The van der Waals surface area contributed by atoms with E-state index in [0.717, 1.165) is 27.3 Å². The molecule has 0 spiro atoms. The topological polar surface area (TPSA) is 51.2 Å². The highest BCUT2D eigenvalue weighted by molar-refractivity contribution is 7.20.